The topological polar surface area (TPSA) is 74.2 Å². The van der Waals surface area contributed by atoms with Gasteiger partial charge in [0.2, 0.25) is 0 Å². The SMILES string of the molecule is COc1cccc(-c2cc(CO)cc(COP(=O)(OC)OC)c2)c1. The van der Waals surface area contributed by atoms with E-state index in [9.17, 15) is 9.67 Å². The van der Waals surface area contributed by atoms with Gasteiger partial charge in [-0.3, -0.25) is 13.6 Å². The molecule has 0 fully saturated rings. The molecule has 1 N–H and O–H groups in total. The van der Waals surface area contributed by atoms with Gasteiger partial charge < -0.3 is 9.84 Å². The third kappa shape index (κ3) is 4.66. The standard InChI is InChI=1S/C17H21O6P/c1-20-17-6-4-5-15(10-17)16-8-13(11-18)7-14(9-16)12-23-24(19,21-2)22-3/h4-10,18H,11-12H2,1-3H3. The zero-order chi connectivity index (χ0) is 17.6. The fourth-order valence-corrected chi connectivity index (χ4v) is 2.91. The smallest absolute Gasteiger partial charge is 0.474 e. The third-order valence-corrected chi connectivity index (χ3v) is 4.81. The number of aliphatic hydroxyl groups is 1. The van der Waals surface area contributed by atoms with Crippen LogP contribution in [0.4, 0.5) is 0 Å². The van der Waals surface area contributed by atoms with Gasteiger partial charge in [-0.15, -0.1) is 0 Å². The molecule has 0 heterocycles. The molecule has 0 bridgehead atoms. The molecule has 0 spiro atoms. The van der Waals surface area contributed by atoms with Crippen LogP contribution in [0.3, 0.4) is 0 Å². The summed E-state index contributed by atoms with van der Waals surface area (Å²) in [5.74, 6) is 0.739. The summed E-state index contributed by atoms with van der Waals surface area (Å²) in [6.45, 7) is -0.0825. The van der Waals surface area contributed by atoms with E-state index in [0.29, 0.717) is 0 Å². The van der Waals surface area contributed by atoms with Crippen molar-refractivity contribution in [2.75, 3.05) is 21.3 Å². The van der Waals surface area contributed by atoms with Gasteiger partial charge in [0, 0.05) is 14.2 Å². The highest BCUT2D eigenvalue weighted by Crippen LogP contribution is 2.48. The second-order valence-electron chi connectivity index (χ2n) is 5.01. The lowest BCUT2D eigenvalue weighted by atomic mass is 10.00. The van der Waals surface area contributed by atoms with E-state index in [1.807, 2.05) is 36.4 Å². The maximum Gasteiger partial charge on any atom is 0.474 e. The van der Waals surface area contributed by atoms with Gasteiger partial charge >= 0.3 is 7.82 Å². The van der Waals surface area contributed by atoms with Gasteiger partial charge in [-0.2, -0.15) is 0 Å². The van der Waals surface area contributed by atoms with Gasteiger partial charge in [-0.05, 0) is 46.5 Å². The van der Waals surface area contributed by atoms with Crippen LogP contribution in [-0.2, 0) is 31.4 Å². The Morgan fingerprint density at radius 2 is 1.67 bits per heavy atom. The Hall–Kier alpha value is -1.69. The number of methoxy groups -OCH3 is 1. The molecule has 0 saturated carbocycles. The van der Waals surface area contributed by atoms with Gasteiger partial charge in [0.25, 0.3) is 0 Å². The minimum Gasteiger partial charge on any atom is -0.497 e. The molecule has 0 aliphatic heterocycles. The van der Waals surface area contributed by atoms with E-state index >= 15 is 0 Å². The summed E-state index contributed by atoms with van der Waals surface area (Å²) in [5.41, 5.74) is 3.29. The van der Waals surface area contributed by atoms with E-state index in [1.165, 1.54) is 14.2 Å². The number of hydrogen-bond acceptors (Lipinski definition) is 6. The van der Waals surface area contributed by atoms with Gasteiger partial charge in [-0.1, -0.05) is 18.2 Å². The molecule has 0 radical (unpaired) electrons. The summed E-state index contributed by atoms with van der Waals surface area (Å²) in [4.78, 5) is 0. The molecule has 0 amide bonds. The van der Waals surface area contributed by atoms with Crippen molar-refractivity contribution in [3.05, 3.63) is 53.6 Å². The molecule has 0 saturated heterocycles. The maximum absolute atomic E-state index is 12.0. The molecule has 130 valence electrons. The summed E-state index contributed by atoms with van der Waals surface area (Å²) < 4.78 is 32.0. The molecule has 2 aromatic carbocycles. The Labute approximate surface area is 141 Å². The normalized spacial score (nSPS) is 11.5. The van der Waals surface area contributed by atoms with Gasteiger partial charge in [0.1, 0.15) is 5.75 Å². The molecule has 0 atom stereocenters. The Morgan fingerprint density at radius 3 is 2.29 bits per heavy atom. The van der Waals surface area contributed by atoms with E-state index in [0.717, 1.165) is 28.0 Å². The largest absolute Gasteiger partial charge is 0.497 e. The zero-order valence-corrected chi connectivity index (χ0v) is 14.8. The van der Waals surface area contributed by atoms with E-state index in [-0.39, 0.29) is 13.2 Å². The van der Waals surface area contributed by atoms with Crippen molar-refractivity contribution in [1.29, 1.82) is 0 Å². The monoisotopic (exact) mass is 352 g/mol. The highest BCUT2D eigenvalue weighted by molar-refractivity contribution is 7.48. The molecule has 2 rings (SSSR count). The molecule has 0 aliphatic carbocycles. The second-order valence-corrected chi connectivity index (χ2v) is 6.90. The zero-order valence-electron chi connectivity index (χ0n) is 13.9. The Morgan fingerprint density at radius 1 is 0.958 bits per heavy atom. The predicted octanol–water partition coefficient (Wildman–Crippen LogP) is 3.77. The summed E-state index contributed by atoms with van der Waals surface area (Å²) in [6.07, 6.45) is 0. The lowest BCUT2D eigenvalue weighted by Gasteiger charge is -2.14. The fraction of sp³-hybridized carbons (Fsp3) is 0.294. The molecule has 0 aromatic heterocycles. The van der Waals surface area contributed by atoms with Crippen molar-refractivity contribution in [3.8, 4) is 16.9 Å². The number of rotatable bonds is 8. The van der Waals surface area contributed by atoms with Gasteiger partial charge in [-0.25, -0.2) is 4.57 Å². The van der Waals surface area contributed by atoms with Crippen LogP contribution in [0.15, 0.2) is 42.5 Å². The predicted molar refractivity (Wildman–Crippen MR) is 90.8 cm³/mol. The Balaban J connectivity index is 2.32. The van der Waals surface area contributed by atoms with Crippen LogP contribution in [0.1, 0.15) is 11.1 Å². The maximum atomic E-state index is 12.0. The molecule has 2 aromatic rings. The van der Waals surface area contributed by atoms with Crippen LogP contribution in [0.2, 0.25) is 0 Å². The molecular formula is C17H21O6P. The van der Waals surface area contributed by atoms with Crippen LogP contribution in [0, 0.1) is 0 Å². The van der Waals surface area contributed by atoms with Crippen molar-refractivity contribution >= 4 is 7.82 Å². The van der Waals surface area contributed by atoms with Gasteiger partial charge in [0.15, 0.2) is 0 Å². The fourth-order valence-electron chi connectivity index (χ4n) is 2.24. The average Bonchev–Trinajstić information content (AvgIpc) is 2.65. The number of aliphatic hydroxyl groups excluding tert-OH is 1. The number of phosphoric ester groups is 1. The van der Waals surface area contributed by atoms with Crippen molar-refractivity contribution in [2.24, 2.45) is 0 Å². The molecule has 6 nitrogen and oxygen atoms in total. The average molecular weight is 352 g/mol. The van der Waals surface area contributed by atoms with Crippen LogP contribution in [0.5, 0.6) is 5.75 Å². The van der Waals surface area contributed by atoms with Crippen LogP contribution < -0.4 is 4.74 Å². The van der Waals surface area contributed by atoms with E-state index in [4.69, 9.17) is 18.3 Å². The lowest BCUT2D eigenvalue weighted by Crippen LogP contribution is -1.98. The van der Waals surface area contributed by atoms with Crippen LogP contribution >= 0.6 is 7.82 Å². The molecule has 7 heteroatoms. The minimum atomic E-state index is -3.55. The van der Waals surface area contributed by atoms with E-state index < -0.39 is 7.82 Å². The third-order valence-electron chi connectivity index (χ3n) is 3.47. The number of phosphoric acid groups is 1. The summed E-state index contributed by atoms with van der Waals surface area (Å²) in [7, 11) is 0.574. The van der Waals surface area contributed by atoms with Crippen molar-refractivity contribution in [3.63, 3.8) is 0 Å². The Bertz CT molecular complexity index is 723. The number of ether oxygens (including phenoxy) is 1. The summed E-state index contributed by atoms with van der Waals surface area (Å²) >= 11 is 0. The van der Waals surface area contributed by atoms with Crippen LogP contribution in [0.25, 0.3) is 11.1 Å². The minimum absolute atomic E-state index is 0.0315. The first kappa shape index (κ1) is 18.6. The van der Waals surface area contributed by atoms with Crippen LogP contribution in [-0.4, -0.2) is 26.4 Å². The van der Waals surface area contributed by atoms with Crippen molar-refractivity contribution in [1.82, 2.24) is 0 Å². The molecule has 0 unspecified atom stereocenters. The first-order valence-electron chi connectivity index (χ1n) is 7.27. The molecule has 0 aliphatic rings. The van der Waals surface area contributed by atoms with E-state index in [2.05, 4.69) is 0 Å². The quantitative estimate of drug-likeness (QED) is 0.729. The molecule has 24 heavy (non-hydrogen) atoms. The number of hydrogen-bond donors (Lipinski definition) is 1. The highest BCUT2D eigenvalue weighted by atomic mass is 31.2. The lowest BCUT2D eigenvalue weighted by molar-refractivity contribution is 0.145. The number of benzene rings is 2. The second kappa shape index (κ2) is 8.42. The van der Waals surface area contributed by atoms with Crippen molar-refractivity contribution in [2.45, 2.75) is 13.2 Å². The van der Waals surface area contributed by atoms with E-state index in [1.54, 1.807) is 13.2 Å². The first-order valence-corrected chi connectivity index (χ1v) is 8.74. The first-order chi connectivity index (χ1) is 11.5. The summed E-state index contributed by atoms with van der Waals surface area (Å²) in [5, 5.41) is 9.48. The Kier molecular flexibility index (Phi) is 6.54. The highest BCUT2D eigenvalue weighted by Gasteiger charge is 2.22. The molecular weight excluding hydrogens is 331 g/mol. The van der Waals surface area contributed by atoms with Gasteiger partial charge in [0.05, 0.1) is 20.3 Å². The summed E-state index contributed by atoms with van der Waals surface area (Å²) in [6, 6.07) is 13.1. The van der Waals surface area contributed by atoms with Crippen molar-refractivity contribution < 1.29 is 28.0 Å².